The lowest BCUT2D eigenvalue weighted by molar-refractivity contribution is 0.245. The van der Waals surface area contributed by atoms with Gasteiger partial charge in [0, 0.05) is 32.5 Å². The minimum absolute atomic E-state index is 0. The maximum atomic E-state index is 5.43. The molecule has 0 spiro atoms. The Labute approximate surface area is 191 Å². The van der Waals surface area contributed by atoms with E-state index in [0.29, 0.717) is 6.04 Å². The second kappa shape index (κ2) is 12.6. The molecule has 1 atom stereocenters. The zero-order valence-corrected chi connectivity index (χ0v) is 19.6. The summed E-state index contributed by atoms with van der Waals surface area (Å²) in [6.07, 6.45) is 7.15. The molecular weight excluding hydrogens is 477 g/mol. The molecule has 2 aromatic rings. The number of aliphatic imine (C=N–C) groups is 1. The monoisotopic (exact) mass is 509 g/mol. The van der Waals surface area contributed by atoms with Crippen molar-refractivity contribution < 1.29 is 4.74 Å². The molecule has 0 bridgehead atoms. The quantitative estimate of drug-likeness (QED) is 0.325. The van der Waals surface area contributed by atoms with Gasteiger partial charge < -0.3 is 15.4 Å². The van der Waals surface area contributed by atoms with Crippen LogP contribution in [0, 0.1) is 0 Å². The van der Waals surface area contributed by atoms with Gasteiger partial charge in [-0.2, -0.15) is 0 Å². The average molecular weight is 509 g/mol. The molecule has 6 nitrogen and oxygen atoms in total. The van der Waals surface area contributed by atoms with Gasteiger partial charge in [-0.1, -0.05) is 18.2 Å². The molecule has 1 unspecified atom stereocenters. The molecule has 7 heteroatoms. The first-order chi connectivity index (χ1) is 13.8. The van der Waals surface area contributed by atoms with Crippen molar-refractivity contribution in [3.05, 3.63) is 59.9 Å². The number of nitrogens with one attached hydrogen (secondary N) is 2. The Morgan fingerprint density at radius 3 is 2.72 bits per heavy atom. The molecule has 2 heterocycles. The highest BCUT2D eigenvalue weighted by molar-refractivity contribution is 14.0. The Hall–Kier alpha value is -1.87. The number of hydrogen-bond acceptors (Lipinski definition) is 4. The number of hydrogen-bond donors (Lipinski definition) is 2. The van der Waals surface area contributed by atoms with E-state index in [1.165, 1.54) is 24.0 Å². The summed E-state index contributed by atoms with van der Waals surface area (Å²) in [5, 5.41) is 6.92. The van der Waals surface area contributed by atoms with Crippen molar-refractivity contribution in [2.75, 3.05) is 40.3 Å². The van der Waals surface area contributed by atoms with Gasteiger partial charge in [-0.05, 0) is 61.7 Å². The third kappa shape index (κ3) is 7.15. The van der Waals surface area contributed by atoms with E-state index < -0.39 is 0 Å². The summed E-state index contributed by atoms with van der Waals surface area (Å²) in [5.41, 5.74) is 2.50. The lowest BCUT2D eigenvalue weighted by atomic mass is 10.1. The minimum atomic E-state index is 0. The lowest BCUT2D eigenvalue weighted by Crippen LogP contribution is -2.43. The van der Waals surface area contributed by atoms with E-state index in [4.69, 9.17) is 4.74 Å². The first kappa shape index (κ1) is 23.4. The van der Waals surface area contributed by atoms with Gasteiger partial charge in [0.05, 0.1) is 13.2 Å². The van der Waals surface area contributed by atoms with Crippen molar-refractivity contribution in [2.24, 2.45) is 4.99 Å². The van der Waals surface area contributed by atoms with E-state index in [-0.39, 0.29) is 24.0 Å². The second-order valence-corrected chi connectivity index (χ2v) is 7.03. The SMILES string of the molecule is CN=C(NCCc1cccnc1)NCC(c1cccc(OC)c1)N1CCCC1.I. The fourth-order valence-corrected chi connectivity index (χ4v) is 3.65. The van der Waals surface area contributed by atoms with E-state index in [1.807, 2.05) is 25.4 Å². The number of rotatable bonds is 8. The molecule has 1 aliphatic rings. The van der Waals surface area contributed by atoms with Crippen LogP contribution in [0.5, 0.6) is 5.75 Å². The number of halogens is 1. The molecule has 29 heavy (non-hydrogen) atoms. The largest absolute Gasteiger partial charge is 0.497 e. The lowest BCUT2D eigenvalue weighted by Gasteiger charge is -2.29. The first-order valence-corrected chi connectivity index (χ1v) is 10.0. The highest BCUT2D eigenvalue weighted by atomic mass is 127. The molecule has 1 aliphatic heterocycles. The zero-order valence-electron chi connectivity index (χ0n) is 17.3. The van der Waals surface area contributed by atoms with Crippen LogP contribution in [0.3, 0.4) is 0 Å². The van der Waals surface area contributed by atoms with Crippen molar-refractivity contribution >= 4 is 29.9 Å². The first-order valence-electron chi connectivity index (χ1n) is 10.0. The van der Waals surface area contributed by atoms with Crippen molar-refractivity contribution in [1.29, 1.82) is 0 Å². The van der Waals surface area contributed by atoms with Crippen LogP contribution in [0.15, 0.2) is 53.8 Å². The molecule has 3 rings (SSSR count). The van der Waals surface area contributed by atoms with Gasteiger partial charge >= 0.3 is 0 Å². The predicted molar refractivity (Wildman–Crippen MR) is 129 cm³/mol. The van der Waals surface area contributed by atoms with Crippen molar-refractivity contribution in [3.8, 4) is 5.75 Å². The topological polar surface area (TPSA) is 61.8 Å². The van der Waals surface area contributed by atoms with Crippen molar-refractivity contribution in [2.45, 2.75) is 25.3 Å². The van der Waals surface area contributed by atoms with Gasteiger partial charge in [-0.15, -0.1) is 24.0 Å². The van der Waals surface area contributed by atoms with Gasteiger partial charge in [0.25, 0.3) is 0 Å². The van der Waals surface area contributed by atoms with Crippen LogP contribution in [0.2, 0.25) is 0 Å². The molecule has 1 aromatic carbocycles. The highest BCUT2D eigenvalue weighted by Gasteiger charge is 2.24. The molecule has 0 radical (unpaired) electrons. The maximum absolute atomic E-state index is 5.43. The van der Waals surface area contributed by atoms with Crippen LogP contribution in [0.1, 0.15) is 30.0 Å². The number of nitrogens with zero attached hydrogens (tertiary/aromatic N) is 3. The predicted octanol–water partition coefficient (Wildman–Crippen LogP) is 3.25. The van der Waals surface area contributed by atoms with Crippen LogP contribution in [-0.4, -0.2) is 56.2 Å². The Morgan fingerprint density at radius 2 is 2.03 bits per heavy atom. The van der Waals surface area contributed by atoms with Gasteiger partial charge in [0.15, 0.2) is 5.96 Å². The molecule has 2 N–H and O–H groups in total. The third-order valence-electron chi connectivity index (χ3n) is 5.18. The number of ether oxygens (including phenoxy) is 1. The fraction of sp³-hybridized carbons (Fsp3) is 0.455. The Bertz CT molecular complexity index is 750. The summed E-state index contributed by atoms with van der Waals surface area (Å²) >= 11 is 0. The van der Waals surface area contributed by atoms with Crippen molar-refractivity contribution in [3.63, 3.8) is 0 Å². The van der Waals surface area contributed by atoms with Crippen LogP contribution >= 0.6 is 24.0 Å². The number of likely N-dealkylation sites (tertiary alicyclic amines) is 1. The molecular formula is C22H32IN5O. The average Bonchev–Trinajstić information content (AvgIpc) is 3.28. The van der Waals surface area contributed by atoms with Crippen LogP contribution in [0.4, 0.5) is 0 Å². The molecule has 1 fully saturated rings. The van der Waals surface area contributed by atoms with E-state index in [2.05, 4.69) is 49.8 Å². The van der Waals surface area contributed by atoms with E-state index in [1.54, 1.807) is 13.3 Å². The van der Waals surface area contributed by atoms with Crippen LogP contribution in [0.25, 0.3) is 0 Å². The number of guanidine groups is 1. The fourth-order valence-electron chi connectivity index (χ4n) is 3.65. The Morgan fingerprint density at radius 1 is 1.21 bits per heavy atom. The van der Waals surface area contributed by atoms with Gasteiger partial charge in [-0.3, -0.25) is 14.9 Å². The van der Waals surface area contributed by atoms with Gasteiger partial charge in [0.1, 0.15) is 5.75 Å². The number of methoxy groups -OCH3 is 1. The smallest absolute Gasteiger partial charge is 0.191 e. The van der Waals surface area contributed by atoms with Crippen molar-refractivity contribution in [1.82, 2.24) is 20.5 Å². The van der Waals surface area contributed by atoms with E-state index in [9.17, 15) is 0 Å². The molecule has 158 valence electrons. The number of pyridine rings is 1. The third-order valence-corrected chi connectivity index (χ3v) is 5.18. The Balaban J connectivity index is 0.00000300. The van der Waals surface area contributed by atoms with Gasteiger partial charge in [0.2, 0.25) is 0 Å². The summed E-state index contributed by atoms with van der Waals surface area (Å²) in [4.78, 5) is 11.1. The normalized spacial score (nSPS) is 15.4. The Kier molecular flexibility index (Phi) is 10.2. The van der Waals surface area contributed by atoms with Crippen LogP contribution < -0.4 is 15.4 Å². The summed E-state index contributed by atoms with van der Waals surface area (Å²) in [7, 11) is 3.53. The van der Waals surface area contributed by atoms with E-state index >= 15 is 0 Å². The summed E-state index contributed by atoms with van der Waals surface area (Å²) < 4.78 is 5.43. The second-order valence-electron chi connectivity index (χ2n) is 7.03. The molecule has 0 saturated carbocycles. The van der Waals surface area contributed by atoms with E-state index in [0.717, 1.165) is 44.3 Å². The molecule has 1 aromatic heterocycles. The molecule has 1 saturated heterocycles. The molecule has 0 aliphatic carbocycles. The van der Waals surface area contributed by atoms with Crippen LogP contribution in [-0.2, 0) is 6.42 Å². The standard InChI is InChI=1S/C22H31N5O.HI/c1-23-22(25-12-10-18-7-6-11-24-16-18)26-17-21(27-13-3-4-14-27)19-8-5-9-20(15-19)28-2;/h5-9,11,15-16,21H,3-4,10,12-14,17H2,1-2H3,(H2,23,25,26);1H. The minimum Gasteiger partial charge on any atom is -0.497 e. The molecule has 0 amide bonds. The zero-order chi connectivity index (χ0) is 19.6. The maximum Gasteiger partial charge on any atom is 0.191 e. The summed E-state index contributed by atoms with van der Waals surface area (Å²) in [6.45, 7) is 3.89. The summed E-state index contributed by atoms with van der Waals surface area (Å²) in [6, 6.07) is 12.8. The van der Waals surface area contributed by atoms with Gasteiger partial charge in [-0.25, -0.2) is 0 Å². The highest BCUT2D eigenvalue weighted by Crippen LogP contribution is 2.27. The summed E-state index contributed by atoms with van der Waals surface area (Å²) in [5.74, 6) is 1.73. The number of benzene rings is 1. The number of aromatic nitrogens is 1.